The Morgan fingerprint density at radius 3 is 2.38 bits per heavy atom. The average molecular weight is 391 g/mol. The molecule has 7 heteroatoms. The van der Waals surface area contributed by atoms with Gasteiger partial charge < -0.3 is 14.5 Å². The summed E-state index contributed by atoms with van der Waals surface area (Å²) in [5, 5.41) is 8.26. The zero-order valence-corrected chi connectivity index (χ0v) is 15.1. The molecule has 0 aliphatic carbocycles. The average Bonchev–Trinajstić information content (AvgIpc) is 2.63. The van der Waals surface area contributed by atoms with Crippen LogP contribution < -0.4 is 9.64 Å². The summed E-state index contributed by atoms with van der Waals surface area (Å²) in [6, 6.07) is 11.2. The van der Waals surface area contributed by atoms with Crippen molar-refractivity contribution in [2.24, 2.45) is 0 Å². The molecule has 1 amide bonds. The summed E-state index contributed by atoms with van der Waals surface area (Å²) in [5.74, 6) is 1.42. The quantitative estimate of drug-likeness (QED) is 0.802. The standard InChI is InChI=1S/C17H19BrN4O2/c1-2-24-16-8-7-15(19-20-16)21-9-11-22(12-10-21)17(23)13-3-5-14(18)6-4-13/h3-8H,2,9-12H2,1H3. The number of amides is 1. The molecule has 0 N–H and O–H groups in total. The van der Waals surface area contributed by atoms with Crippen LogP contribution in [0.3, 0.4) is 0 Å². The Kier molecular flexibility index (Phi) is 5.30. The SMILES string of the molecule is CCOc1ccc(N2CCN(C(=O)c3ccc(Br)cc3)CC2)nn1. The number of hydrogen-bond donors (Lipinski definition) is 0. The van der Waals surface area contributed by atoms with Gasteiger partial charge in [-0.25, -0.2) is 0 Å². The number of hydrogen-bond acceptors (Lipinski definition) is 5. The molecular formula is C17H19BrN4O2. The molecule has 0 spiro atoms. The van der Waals surface area contributed by atoms with Crippen molar-refractivity contribution in [2.45, 2.75) is 6.92 Å². The maximum atomic E-state index is 12.5. The fraction of sp³-hybridized carbons (Fsp3) is 0.353. The number of rotatable bonds is 4. The van der Waals surface area contributed by atoms with Crippen LogP contribution in [-0.4, -0.2) is 53.8 Å². The molecule has 6 nitrogen and oxygen atoms in total. The summed E-state index contributed by atoms with van der Waals surface area (Å²) < 4.78 is 6.28. The van der Waals surface area contributed by atoms with Crippen LogP contribution in [0, 0.1) is 0 Å². The van der Waals surface area contributed by atoms with Gasteiger partial charge in [0, 0.05) is 42.3 Å². The molecule has 2 aromatic rings. The Morgan fingerprint density at radius 1 is 1.08 bits per heavy atom. The predicted molar refractivity (Wildman–Crippen MR) is 95.5 cm³/mol. The van der Waals surface area contributed by atoms with Gasteiger partial charge in [-0.15, -0.1) is 10.2 Å². The molecule has 1 saturated heterocycles. The van der Waals surface area contributed by atoms with Crippen molar-refractivity contribution in [1.29, 1.82) is 0 Å². The Labute approximate surface area is 149 Å². The predicted octanol–water partition coefficient (Wildman–Crippen LogP) is 2.60. The van der Waals surface area contributed by atoms with Gasteiger partial charge in [0.15, 0.2) is 5.82 Å². The van der Waals surface area contributed by atoms with Gasteiger partial charge in [0.2, 0.25) is 5.88 Å². The van der Waals surface area contributed by atoms with Gasteiger partial charge >= 0.3 is 0 Å². The molecule has 1 aromatic carbocycles. The minimum Gasteiger partial charge on any atom is -0.477 e. The number of aromatic nitrogens is 2. The number of halogens is 1. The van der Waals surface area contributed by atoms with E-state index in [1.807, 2.05) is 48.2 Å². The van der Waals surface area contributed by atoms with E-state index in [0.717, 1.165) is 23.4 Å². The van der Waals surface area contributed by atoms with Gasteiger partial charge in [-0.2, -0.15) is 0 Å². The second kappa shape index (κ2) is 7.61. The third-order valence-electron chi connectivity index (χ3n) is 3.90. The van der Waals surface area contributed by atoms with Gasteiger partial charge in [-0.1, -0.05) is 15.9 Å². The molecular weight excluding hydrogens is 372 g/mol. The fourth-order valence-corrected chi connectivity index (χ4v) is 2.88. The van der Waals surface area contributed by atoms with E-state index >= 15 is 0 Å². The number of carbonyl (C=O) groups excluding carboxylic acids is 1. The number of nitrogens with zero attached hydrogens (tertiary/aromatic N) is 4. The highest BCUT2D eigenvalue weighted by molar-refractivity contribution is 9.10. The lowest BCUT2D eigenvalue weighted by Crippen LogP contribution is -2.49. The molecule has 1 fully saturated rings. The lowest BCUT2D eigenvalue weighted by atomic mass is 10.2. The highest BCUT2D eigenvalue weighted by Gasteiger charge is 2.23. The first kappa shape index (κ1) is 16.7. The first-order chi connectivity index (χ1) is 11.7. The molecule has 0 unspecified atom stereocenters. The molecule has 1 aromatic heterocycles. The van der Waals surface area contributed by atoms with Crippen LogP contribution in [0.5, 0.6) is 5.88 Å². The van der Waals surface area contributed by atoms with E-state index < -0.39 is 0 Å². The fourth-order valence-electron chi connectivity index (χ4n) is 2.62. The van der Waals surface area contributed by atoms with Crippen molar-refractivity contribution < 1.29 is 9.53 Å². The molecule has 24 heavy (non-hydrogen) atoms. The van der Waals surface area contributed by atoms with Crippen molar-refractivity contribution >= 4 is 27.7 Å². The van der Waals surface area contributed by atoms with Gasteiger partial charge in [0.05, 0.1) is 6.61 Å². The van der Waals surface area contributed by atoms with Crippen LogP contribution in [0.1, 0.15) is 17.3 Å². The number of piperazine rings is 1. The largest absolute Gasteiger partial charge is 0.477 e. The topological polar surface area (TPSA) is 58.6 Å². The second-order valence-electron chi connectivity index (χ2n) is 5.45. The minimum atomic E-state index is 0.0694. The van der Waals surface area contributed by atoms with Crippen molar-refractivity contribution in [1.82, 2.24) is 15.1 Å². The summed E-state index contributed by atoms with van der Waals surface area (Å²) in [5.41, 5.74) is 0.715. The van der Waals surface area contributed by atoms with Crippen molar-refractivity contribution in [3.8, 4) is 5.88 Å². The number of carbonyl (C=O) groups is 1. The summed E-state index contributed by atoms with van der Waals surface area (Å²) >= 11 is 3.39. The number of ether oxygens (including phenoxy) is 1. The zero-order valence-electron chi connectivity index (χ0n) is 13.5. The molecule has 1 aliphatic heterocycles. The smallest absolute Gasteiger partial charge is 0.253 e. The zero-order chi connectivity index (χ0) is 16.9. The normalized spacial score (nSPS) is 14.6. The molecule has 0 saturated carbocycles. The summed E-state index contributed by atoms with van der Waals surface area (Å²) in [7, 11) is 0. The molecule has 1 aliphatic rings. The van der Waals surface area contributed by atoms with Crippen molar-refractivity contribution in [3.63, 3.8) is 0 Å². The van der Waals surface area contributed by atoms with E-state index in [2.05, 4.69) is 31.0 Å². The van der Waals surface area contributed by atoms with Gasteiger partial charge in [-0.3, -0.25) is 4.79 Å². The summed E-state index contributed by atoms with van der Waals surface area (Å²) in [4.78, 5) is 16.5. The molecule has 2 heterocycles. The van der Waals surface area contributed by atoms with Gasteiger partial charge in [0.25, 0.3) is 5.91 Å². The highest BCUT2D eigenvalue weighted by atomic mass is 79.9. The maximum absolute atomic E-state index is 12.5. The third-order valence-corrected chi connectivity index (χ3v) is 4.43. The van der Waals surface area contributed by atoms with E-state index in [4.69, 9.17) is 4.74 Å². The van der Waals surface area contributed by atoms with E-state index in [1.54, 1.807) is 0 Å². The molecule has 126 valence electrons. The van der Waals surface area contributed by atoms with Crippen LogP contribution in [0.2, 0.25) is 0 Å². The third kappa shape index (κ3) is 3.84. The van der Waals surface area contributed by atoms with E-state index in [1.165, 1.54) is 0 Å². The van der Waals surface area contributed by atoms with E-state index in [-0.39, 0.29) is 5.91 Å². The lowest BCUT2D eigenvalue weighted by Gasteiger charge is -2.35. The summed E-state index contributed by atoms with van der Waals surface area (Å²) in [6.07, 6.45) is 0. The first-order valence-corrected chi connectivity index (χ1v) is 8.73. The maximum Gasteiger partial charge on any atom is 0.253 e. The van der Waals surface area contributed by atoms with Crippen LogP contribution in [0.25, 0.3) is 0 Å². The second-order valence-corrected chi connectivity index (χ2v) is 6.36. The van der Waals surface area contributed by atoms with Gasteiger partial charge in [0.1, 0.15) is 0 Å². The monoisotopic (exact) mass is 390 g/mol. The van der Waals surface area contributed by atoms with Crippen LogP contribution in [0.4, 0.5) is 5.82 Å². The van der Waals surface area contributed by atoms with E-state index in [9.17, 15) is 4.79 Å². The number of anilines is 1. The Hall–Kier alpha value is -2.15. The molecule has 0 bridgehead atoms. The van der Waals surface area contributed by atoms with Crippen molar-refractivity contribution in [3.05, 3.63) is 46.4 Å². The van der Waals surface area contributed by atoms with Gasteiger partial charge in [-0.05, 0) is 37.3 Å². The summed E-state index contributed by atoms with van der Waals surface area (Å²) in [6.45, 7) is 5.31. The minimum absolute atomic E-state index is 0.0694. The Morgan fingerprint density at radius 2 is 1.79 bits per heavy atom. The number of benzene rings is 1. The molecule has 3 rings (SSSR count). The Balaban J connectivity index is 1.59. The van der Waals surface area contributed by atoms with E-state index in [0.29, 0.717) is 31.1 Å². The van der Waals surface area contributed by atoms with Crippen LogP contribution in [0.15, 0.2) is 40.9 Å². The molecule has 0 radical (unpaired) electrons. The van der Waals surface area contributed by atoms with Crippen LogP contribution in [-0.2, 0) is 0 Å². The first-order valence-electron chi connectivity index (χ1n) is 7.93. The molecule has 0 atom stereocenters. The highest BCUT2D eigenvalue weighted by Crippen LogP contribution is 2.17. The lowest BCUT2D eigenvalue weighted by molar-refractivity contribution is 0.0746. The van der Waals surface area contributed by atoms with Crippen LogP contribution >= 0.6 is 15.9 Å². The Bertz CT molecular complexity index is 683. The van der Waals surface area contributed by atoms with Crippen molar-refractivity contribution in [2.75, 3.05) is 37.7 Å².